The fraction of sp³-hybridized carbons (Fsp3) is 0.273. The Balaban J connectivity index is 0.000000351. The molecule has 0 heterocycles. The van der Waals surface area contributed by atoms with E-state index in [1.165, 1.54) is 17.2 Å². The molecule has 0 spiro atoms. The third-order valence-corrected chi connectivity index (χ3v) is 2.63. The Kier molecular flexibility index (Phi) is 13.8. The van der Waals surface area contributed by atoms with Crippen LogP contribution in [0.25, 0.3) is 10.8 Å². The molecule has 128 valence electrons. The Morgan fingerprint density at radius 1 is 0.625 bits per heavy atom. The molecule has 0 bridgehead atoms. The van der Waals surface area contributed by atoms with Gasteiger partial charge in [0, 0.05) is 7.05 Å². The van der Waals surface area contributed by atoms with Crippen LogP contribution in [0.2, 0.25) is 0 Å². The highest BCUT2D eigenvalue weighted by Crippen LogP contribution is 2.11. The lowest BCUT2D eigenvalue weighted by Gasteiger charge is -1.92. The Morgan fingerprint density at radius 3 is 1.29 bits per heavy atom. The maximum Gasteiger partial charge on any atom is 0.0852 e. The predicted octanol–water partition coefficient (Wildman–Crippen LogP) is 7.68. The van der Waals surface area contributed by atoms with Crippen LogP contribution in [0, 0.1) is 0 Å². The summed E-state index contributed by atoms with van der Waals surface area (Å²) in [5.74, 6) is 0. The highest BCUT2D eigenvalue weighted by atomic mass is 15.1. The van der Waals surface area contributed by atoms with Crippen LogP contribution < -0.4 is 0 Å². The van der Waals surface area contributed by atoms with Crippen LogP contribution in [-0.4, -0.2) is 7.05 Å². The molecule has 3 rings (SSSR count). The van der Waals surface area contributed by atoms with Crippen LogP contribution in [0.1, 0.15) is 34.1 Å². The summed E-state index contributed by atoms with van der Waals surface area (Å²) in [4.78, 5) is 0. The van der Waals surface area contributed by atoms with Crippen molar-refractivity contribution >= 4 is 16.5 Å². The van der Waals surface area contributed by atoms with Gasteiger partial charge in [-0.25, -0.2) is 0 Å². The smallest absolute Gasteiger partial charge is 0.0852 e. The average Bonchev–Trinajstić information content (AvgIpc) is 2.66. The monoisotopic (exact) mass is 322 g/mol. The van der Waals surface area contributed by atoms with Gasteiger partial charge in [-0.1, -0.05) is 101 Å². The van der Waals surface area contributed by atoms with Gasteiger partial charge in [-0.2, -0.15) is 10.2 Å². The highest BCUT2D eigenvalue weighted by Gasteiger charge is 1.85. The van der Waals surface area contributed by atoms with E-state index < -0.39 is 0 Å². The van der Waals surface area contributed by atoms with E-state index in [1.807, 2.05) is 44.2 Å². The van der Waals surface area contributed by atoms with Crippen molar-refractivity contribution in [2.24, 2.45) is 10.2 Å². The first kappa shape index (κ1) is 21.5. The van der Waals surface area contributed by atoms with Crippen molar-refractivity contribution in [3.8, 4) is 0 Å². The van der Waals surface area contributed by atoms with Gasteiger partial charge in [0.1, 0.15) is 0 Å². The van der Waals surface area contributed by atoms with E-state index in [4.69, 9.17) is 0 Å². The van der Waals surface area contributed by atoms with Crippen LogP contribution in [0.4, 0.5) is 5.69 Å². The number of nitrogens with zero attached hydrogens (tertiary/aromatic N) is 2. The number of hydrogen-bond acceptors (Lipinski definition) is 2. The molecule has 0 saturated heterocycles. The Bertz CT molecular complexity index is 595. The molecule has 0 fully saturated rings. The molecule has 0 saturated carbocycles. The first-order valence-corrected chi connectivity index (χ1v) is 8.60. The topological polar surface area (TPSA) is 24.7 Å². The Labute approximate surface area is 147 Å². The summed E-state index contributed by atoms with van der Waals surface area (Å²) in [7, 11) is 1.66. The summed E-state index contributed by atoms with van der Waals surface area (Å²) in [6, 6.07) is 26.4. The largest absolute Gasteiger partial charge is 0.192 e. The number of rotatable bonds is 1. The molecule has 24 heavy (non-hydrogen) atoms. The van der Waals surface area contributed by atoms with E-state index >= 15 is 0 Å². The third-order valence-electron chi connectivity index (χ3n) is 2.63. The molecule has 2 heteroatoms. The zero-order valence-corrected chi connectivity index (χ0v) is 15.6. The number of hydrogen-bond donors (Lipinski definition) is 0. The van der Waals surface area contributed by atoms with Crippen LogP contribution in [0.3, 0.4) is 0 Å². The lowest BCUT2D eigenvalue weighted by Crippen LogP contribution is -1.67. The SMILES string of the molecule is CC.CCC.CN=Nc1ccccc1.c1ccc2ccccc2c1. The zero-order chi connectivity index (χ0) is 18.0. The molecule has 0 aliphatic carbocycles. The van der Waals surface area contributed by atoms with E-state index in [0.29, 0.717) is 0 Å². The van der Waals surface area contributed by atoms with Gasteiger partial charge in [0.05, 0.1) is 5.69 Å². The minimum Gasteiger partial charge on any atom is -0.192 e. The van der Waals surface area contributed by atoms with Gasteiger partial charge in [0.2, 0.25) is 0 Å². The average molecular weight is 322 g/mol. The molecule has 0 atom stereocenters. The van der Waals surface area contributed by atoms with Crippen LogP contribution in [-0.2, 0) is 0 Å². The minimum absolute atomic E-state index is 0.903. The molecule has 0 unspecified atom stereocenters. The molecule has 0 aromatic heterocycles. The standard InChI is InChI=1S/C10H8.C7H8N2.C3H8.C2H6/c1-2-6-10-8-4-3-7-9(10)5-1;1-8-9-7-5-3-2-4-6-7;1-3-2;1-2/h1-8H;2-6H,1H3;3H2,1-2H3;1-2H3. The normalized spacial score (nSPS) is 9.04. The minimum atomic E-state index is 0.903. The van der Waals surface area contributed by atoms with Crippen LogP contribution in [0.5, 0.6) is 0 Å². The van der Waals surface area contributed by atoms with Crippen molar-refractivity contribution in [2.75, 3.05) is 7.05 Å². The summed E-state index contributed by atoms with van der Waals surface area (Å²) in [5, 5.41) is 10.1. The highest BCUT2D eigenvalue weighted by molar-refractivity contribution is 5.81. The second-order valence-corrected chi connectivity index (χ2v) is 4.69. The summed E-state index contributed by atoms with van der Waals surface area (Å²) in [5.41, 5.74) is 0.903. The summed E-state index contributed by atoms with van der Waals surface area (Å²) < 4.78 is 0. The third kappa shape index (κ3) is 9.52. The van der Waals surface area contributed by atoms with Crippen molar-refractivity contribution in [3.63, 3.8) is 0 Å². The van der Waals surface area contributed by atoms with Crippen molar-refractivity contribution in [2.45, 2.75) is 34.1 Å². The Hall–Kier alpha value is -2.48. The van der Waals surface area contributed by atoms with Gasteiger partial charge in [-0.05, 0) is 22.9 Å². The van der Waals surface area contributed by atoms with Gasteiger partial charge in [-0.15, -0.1) is 0 Å². The second kappa shape index (κ2) is 15.4. The fourth-order valence-corrected chi connectivity index (χ4v) is 1.74. The van der Waals surface area contributed by atoms with E-state index in [1.54, 1.807) is 7.05 Å². The quantitative estimate of drug-likeness (QED) is 0.410. The van der Waals surface area contributed by atoms with Crippen molar-refractivity contribution in [1.29, 1.82) is 0 Å². The van der Waals surface area contributed by atoms with E-state index in [0.717, 1.165) is 5.69 Å². The first-order valence-electron chi connectivity index (χ1n) is 8.60. The molecule has 3 aromatic rings. The van der Waals surface area contributed by atoms with E-state index in [-0.39, 0.29) is 0 Å². The molecule has 2 nitrogen and oxygen atoms in total. The maximum absolute atomic E-state index is 3.83. The van der Waals surface area contributed by atoms with E-state index in [2.05, 4.69) is 72.6 Å². The number of fused-ring (bicyclic) bond motifs is 1. The number of benzene rings is 3. The van der Waals surface area contributed by atoms with E-state index in [9.17, 15) is 0 Å². The Morgan fingerprint density at radius 2 is 0.958 bits per heavy atom. The zero-order valence-electron chi connectivity index (χ0n) is 15.6. The fourth-order valence-electron chi connectivity index (χ4n) is 1.74. The lowest BCUT2D eigenvalue weighted by molar-refractivity contribution is 1.09. The lowest BCUT2D eigenvalue weighted by atomic mass is 10.1. The van der Waals surface area contributed by atoms with Crippen molar-refractivity contribution in [1.82, 2.24) is 0 Å². The maximum atomic E-state index is 3.83. The molecule has 0 aliphatic rings. The summed E-state index contributed by atoms with van der Waals surface area (Å²) >= 11 is 0. The molecule has 0 amide bonds. The van der Waals surface area contributed by atoms with Gasteiger partial charge in [0.15, 0.2) is 0 Å². The molecule has 0 radical (unpaired) electrons. The molecule has 3 aromatic carbocycles. The van der Waals surface area contributed by atoms with Crippen molar-refractivity contribution < 1.29 is 0 Å². The van der Waals surface area contributed by atoms with Gasteiger partial charge in [0.25, 0.3) is 0 Å². The number of azo groups is 1. The molecule has 0 N–H and O–H groups in total. The second-order valence-electron chi connectivity index (χ2n) is 4.69. The predicted molar refractivity (Wildman–Crippen MR) is 108 cm³/mol. The first-order chi connectivity index (χ1) is 11.8. The molecular formula is C22H30N2. The molecule has 0 aliphatic heterocycles. The summed E-state index contributed by atoms with van der Waals surface area (Å²) in [6.07, 6.45) is 1.25. The summed E-state index contributed by atoms with van der Waals surface area (Å²) in [6.45, 7) is 8.25. The molecular weight excluding hydrogens is 292 g/mol. The van der Waals surface area contributed by atoms with Gasteiger partial charge in [-0.3, -0.25) is 0 Å². The van der Waals surface area contributed by atoms with Gasteiger partial charge >= 0.3 is 0 Å². The van der Waals surface area contributed by atoms with Crippen LogP contribution >= 0.6 is 0 Å². The van der Waals surface area contributed by atoms with Gasteiger partial charge < -0.3 is 0 Å². The van der Waals surface area contributed by atoms with Crippen LogP contribution in [0.15, 0.2) is 89.1 Å². The van der Waals surface area contributed by atoms with Crippen molar-refractivity contribution in [3.05, 3.63) is 78.9 Å².